The molecular weight excluding hydrogens is 346 g/mol. The van der Waals surface area contributed by atoms with E-state index in [1.54, 1.807) is 0 Å². The Kier molecular flexibility index (Phi) is 5.86. The summed E-state index contributed by atoms with van der Waals surface area (Å²) in [5.74, 6) is 1.37. The second-order valence-electron chi connectivity index (χ2n) is 7.36. The summed E-state index contributed by atoms with van der Waals surface area (Å²) in [7, 11) is 0. The van der Waals surface area contributed by atoms with Crippen LogP contribution in [0.25, 0.3) is 0 Å². The Morgan fingerprint density at radius 1 is 1.27 bits per heavy atom. The predicted octanol–water partition coefficient (Wildman–Crippen LogP) is 3.36. The summed E-state index contributed by atoms with van der Waals surface area (Å²) in [5.41, 5.74) is 8.30. The lowest BCUT2D eigenvalue weighted by atomic mass is 10.00. The zero-order valence-electron chi connectivity index (χ0n) is 15.6. The molecule has 1 fully saturated rings. The van der Waals surface area contributed by atoms with Crippen LogP contribution in [0.3, 0.4) is 0 Å². The number of carbonyl (C=O) groups is 1. The Bertz CT molecular complexity index is 752. The van der Waals surface area contributed by atoms with Gasteiger partial charge in [-0.3, -0.25) is 9.36 Å². The number of hydrogen-bond donors (Lipinski definition) is 2. The van der Waals surface area contributed by atoms with Crippen LogP contribution in [0.1, 0.15) is 56.8 Å². The average molecular weight is 374 g/mol. The fourth-order valence-electron chi connectivity index (χ4n) is 2.97. The van der Waals surface area contributed by atoms with Crippen molar-refractivity contribution in [1.82, 2.24) is 20.1 Å². The standard InChI is InChI=1S/C19H27N5OS/c1-12(2)10-14-4-6-15(7-5-14)13(3)21-17(25)11-26-19-23-22-18(20)24(19)16-8-9-16/h4-7,12-13,16H,8-11H2,1-3H3,(H2,20,22)(H,21,25). The Morgan fingerprint density at radius 2 is 1.96 bits per heavy atom. The molecule has 1 aromatic carbocycles. The van der Waals surface area contributed by atoms with E-state index >= 15 is 0 Å². The van der Waals surface area contributed by atoms with Crippen molar-refractivity contribution in [1.29, 1.82) is 0 Å². The fraction of sp³-hybridized carbons (Fsp3) is 0.526. The Balaban J connectivity index is 1.51. The molecule has 1 unspecified atom stereocenters. The number of aromatic nitrogens is 3. The molecule has 2 aromatic rings. The minimum absolute atomic E-state index is 0.0160. The maximum Gasteiger partial charge on any atom is 0.230 e. The lowest BCUT2D eigenvalue weighted by Crippen LogP contribution is -2.28. The topological polar surface area (TPSA) is 85.8 Å². The summed E-state index contributed by atoms with van der Waals surface area (Å²) in [4.78, 5) is 12.3. The van der Waals surface area contributed by atoms with Crippen LogP contribution in [0.4, 0.5) is 5.95 Å². The number of benzene rings is 1. The maximum absolute atomic E-state index is 12.3. The molecule has 26 heavy (non-hydrogen) atoms. The minimum atomic E-state index is -0.0254. The van der Waals surface area contributed by atoms with Crippen molar-refractivity contribution >= 4 is 23.6 Å². The van der Waals surface area contributed by atoms with Crippen LogP contribution in [0.2, 0.25) is 0 Å². The minimum Gasteiger partial charge on any atom is -0.368 e. The van der Waals surface area contributed by atoms with E-state index in [0.717, 1.165) is 30.0 Å². The molecule has 3 N–H and O–H groups in total. The summed E-state index contributed by atoms with van der Waals surface area (Å²) < 4.78 is 1.94. The molecule has 6 nitrogen and oxygen atoms in total. The van der Waals surface area contributed by atoms with Gasteiger partial charge in [-0.25, -0.2) is 0 Å². The quantitative estimate of drug-likeness (QED) is 0.693. The van der Waals surface area contributed by atoms with Crippen molar-refractivity contribution in [2.45, 2.75) is 57.3 Å². The number of nitrogens with two attached hydrogens (primary N) is 1. The molecule has 0 bridgehead atoms. The molecule has 7 heteroatoms. The van der Waals surface area contributed by atoms with Crippen molar-refractivity contribution in [3.05, 3.63) is 35.4 Å². The largest absolute Gasteiger partial charge is 0.368 e. The van der Waals surface area contributed by atoms with Crippen LogP contribution in [0, 0.1) is 5.92 Å². The molecule has 0 radical (unpaired) electrons. The summed E-state index contributed by atoms with van der Waals surface area (Å²) in [5, 5.41) is 11.8. The van der Waals surface area contributed by atoms with Crippen molar-refractivity contribution in [3.63, 3.8) is 0 Å². The average Bonchev–Trinajstić information content (AvgIpc) is 3.36. The van der Waals surface area contributed by atoms with Gasteiger partial charge in [0.15, 0.2) is 5.16 Å². The highest BCUT2D eigenvalue weighted by Crippen LogP contribution is 2.39. The second kappa shape index (κ2) is 8.12. The summed E-state index contributed by atoms with van der Waals surface area (Å²) in [6.45, 7) is 6.43. The highest BCUT2D eigenvalue weighted by Gasteiger charge is 2.29. The number of amides is 1. The van der Waals surface area contributed by atoms with Crippen LogP contribution >= 0.6 is 11.8 Å². The van der Waals surface area contributed by atoms with E-state index in [9.17, 15) is 4.79 Å². The Labute approximate surface area is 158 Å². The molecule has 140 valence electrons. The number of hydrogen-bond acceptors (Lipinski definition) is 5. The lowest BCUT2D eigenvalue weighted by molar-refractivity contribution is -0.119. The summed E-state index contributed by atoms with van der Waals surface area (Å²) in [6, 6.07) is 8.86. The maximum atomic E-state index is 12.3. The van der Waals surface area contributed by atoms with Gasteiger partial charge in [0.25, 0.3) is 0 Å². The molecule has 1 amide bonds. The van der Waals surface area contributed by atoms with Crippen LogP contribution in [0.15, 0.2) is 29.4 Å². The van der Waals surface area contributed by atoms with Crippen molar-refractivity contribution in [2.24, 2.45) is 5.92 Å². The molecule has 3 rings (SSSR count). The molecule has 0 aliphatic heterocycles. The number of nitrogens with one attached hydrogen (secondary N) is 1. The van der Waals surface area contributed by atoms with E-state index in [1.165, 1.54) is 17.3 Å². The van der Waals surface area contributed by atoms with E-state index in [0.29, 0.717) is 23.7 Å². The summed E-state index contributed by atoms with van der Waals surface area (Å²) >= 11 is 1.39. The van der Waals surface area contributed by atoms with Gasteiger partial charge in [-0.05, 0) is 43.2 Å². The van der Waals surface area contributed by atoms with Crippen LogP contribution in [-0.4, -0.2) is 26.4 Å². The Hall–Kier alpha value is -2.02. The van der Waals surface area contributed by atoms with Gasteiger partial charge in [-0.2, -0.15) is 0 Å². The third kappa shape index (κ3) is 4.78. The number of rotatable bonds is 8. The zero-order valence-corrected chi connectivity index (χ0v) is 16.4. The third-order valence-electron chi connectivity index (χ3n) is 4.44. The number of thioether (sulfide) groups is 1. The second-order valence-corrected chi connectivity index (χ2v) is 8.30. The van der Waals surface area contributed by atoms with Crippen LogP contribution < -0.4 is 11.1 Å². The first-order valence-corrected chi connectivity index (χ1v) is 10.1. The fourth-order valence-corrected chi connectivity index (χ4v) is 3.80. The number of nitrogens with zero attached hydrogens (tertiary/aromatic N) is 3. The van der Waals surface area contributed by atoms with Gasteiger partial charge < -0.3 is 11.1 Å². The molecule has 0 spiro atoms. The van der Waals surface area contributed by atoms with Crippen LogP contribution in [0.5, 0.6) is 0 Å². The first kappa shape index (κ1) is 18.8. The molecule has 1 atom stereocenters. The van der Waals surface area contributed by atoms with Crippen LogP contribution in [-0.2, 0) is 11.2 Å². The van der Waals surface area contributed by atoms with Crippen molar-refractivity contribution < 1.29 is 4.79 Å². The molecule has 1 saturated carbocycles. The molecule has 1 aliphatic carbocycles. The van der Waals surface area contributed by atoms with Gasteiger partial charge in [0.1, 0.15) is 0 Å². The van der Waals surface area contributed by atoms with Crippen molar-refractivity contribution in [2.75, 3.05) is 11.5 Å². The first-order chi connectivity index (χ1) is 12.4. The highest BCUT2D eigenvalue weighted by molar-refractivity contribution is 7.99. The van der Waals surface area contributed by atoms with Gasteiger partial charge in [0, 0.05) is 6.04 Å². The number of anilines is 1. The third-order valence-corrected chi connectivity index (χ3v) is 5.38. The van der Waals surface area contributed by atoms with E-state index in [2.05, 4.69) is 53.6 Å². The van der Waals surface area contributed by atoms with Gasteiger partial charge in [0.2, 0.25) is 11.9 Å². The molecule has 0 saturated heterocycles. The van der Waals surface area contributed by atoms with Crippen molar-refractivity contribution in [3.8, 4) is 0 Å². The number of carbonyl (C=O) groups excluding carboxylic acids is 1. The van der Waals surface area contributed by atoms with Gasteiger partial charge in [-0.1, -0.05) is 49.9 Å². The van der Waals surface area contributed by atoms with E-state index in [4.69, 9.17) is 5.73 Å². The zero-order chi connectivity index (χ0) is 18.7. The smallest absolute Gasteiger partial charge is 0.230 e. The van der Waals surface area contributed by atoms with Gasteiger partial charge in [0.05, 0.1) is 11.8 Å². The Morgan fingerprint density at radius 3 is 2.58 bits per heavy atom. The molecule has 1 heterocycles. The molecule has 1 aromatic heterocycles. The van der Waals surface area contributed by atoms with Gasteiger partial charge in [-0.15, -0.1) is 10.2 Å². The van der Waals surface area contributed by atoms with E-state index in [1.807, 2.05) is 11.5 Å². The lowest BCUT2D eigenvalue weighted by Gasteiger charge is -2.15. The number of nitrogen functional groups attached to an aromatic ring is 1. The highest BCUT2D eigenvalue weighted by atomic mass is 32.2. The normalized spacial score (nSPS) is 15.2. The molecule has 1 aliphatic rings. The monoisotopic (exact) mass is 373 g/mol. The predicted molar refractivity (Wildman–Crippen MR) is 105 cm³/mol. The first-order valence-electron chi connectivity index (χ1n) is 9.15. The molecular formula is C19H27N5OS. The van der Waals surface area contributed by atoms with E-state index in [-0.39, 0.29) is 11.9 Å². The summed E-state index contributed by atoms with van der Waals surface area (Å²) in [6.07, 6.45) is 3.28. The van der Waals surface area contributed by atoms with E-state index < -0.39 is 0 Å². The van der Waals surface area contributed by atoms with Gasteiger partial charge >= 0.3 is 0 Å². The SMILES string of the molecule is CC(C)Cc1ccc(C(C)NC(=O)CSc2nnc(N)n2C2CC2)cc1.